The Bertz CT molecular complexity index is 688. The molecule has 0 radical (unpaired) electrons. The lowest BCUT2D eigenvalue weighted by Crippen LogP contribution is -2.14. The van der Waals surface area contributed by atoms with Crippen LogP contribution < -0.4 is 11.1 Å². The zero-order valence-corrected chi connectivity index (χ0v) is 16.0. The van der Waals surface area contributed by atoms with Crippen molar-refractivity contribution < 1.29 is 0 Å². The number of benzene rings is 1. The third-order valence-electron chi connectivity index (χ3n) is 3.87. The lowest BCUT2D eigenvalue weighted by Gasteiger charge is -2.16. The van der Waals surface area contributed by atoms with Crippen LogP contribution in [0.5, 0.6) is 0 Å². The first kappa shape index (κ1) is 19.9. The highest BCUT2D eigenvalue weighted by Gasteiger charge is 2.06. The summed E-state index contributed by atoms with van der Waals surface area (Å²) in [6.45, 7) is 12.3. The van der Waals surface area contributed by atoms with Crippen molar-refractivity contribution >= 4 is 18.2 Å². The molecule has 0 saturated carbocycles. The molecular weight excluding hydrogens is 312 g/mol. The molecule has 24 heavy (non-hydrogen) atoms. The number of nitrogens with two attached hydrogens (primary N) is 1. The second-order valence-corrected chi connectivity index (χ2v) is 6.01. The molecule has 0 aliphatic carbocycles. The Labute approximate surface area is 152 Å². The molecule has 2 nitrogen and oxygen atoms in total. The second-order valence-electron chi connectivity index (χ2n) is 5.71. The molecule has 0 amide bonds. The lowest BCUT2D eigenvalue weighted by molar-refractivity contribution is 0.902. The van der Waals surface area contributed by atoms with E-state index in [1.165, 1.54) is 16.8 Å². The van der Waals surface area contributed by atoms with E-state index in [1.54, 1.807) is 5.41 Å². The second kappa shape index (κ2) is 9.89. The van der Waals surface area contributed by atoms with E-state index in [1.807, 2.05) is 32.1 Å². The molecule has 1 aromatic carbocycles. The van der Waals surface area contributed by atoms with E-state index >= 15 is 0 Å². The van der Waals surface area contributed by atoms with Gasteiger partial charge in [-0.1, -0.05) is 43.8 Å². The van der Waals surface area contributed by atoms with E-state index in [0.717, 1.165) is 29.0 Å². The molecule has 128 valence electrons. The van der Waals surface area contributed by atoms with Crippen LogP contribution in [-0.4, -0.2) is 0 Å². The minimum Gasteiger partial charge on any atom is -0.402 e. The van der Waals surface area contributed by atoms with Gasteiger partial charge in [0.1, 0.15) is 0 Å². The summed E-state index contributed by atoms with van der Waals surface area (Å²) in [6, 6.07) is 10.4. The summed E-state index contributed by atoms with van der Waals surface area (Å²) in [5.74, 6) is 0. The number of rotatable bonds is 7. The summed E-state index contributed by atoms with van der Waals surface area (Å²) in [5.41, 5.74) is 13.1. The fourth-order valence-electron chi connectivity index (χ4n) is 2.28. The van der Waals surface area contributed by atoms with Crippen LogP contribution in [0, 0.1) is 0 Å². The minimum atomic E-state index is 0.749. The van der Waals surface area contributed by atoms with Crippen LogP contribution >= 0.6 is 12.6 Å². The molecule has 0 aliphatic rings. The zero-order chi connectivity index (χ0) is 18.1. The van der Waals surface area contributed by atoms with Crippen LogP contribution in [0.25, 0.3) is 5.57 Å². The van der Waals surface area contributed by atoms with E-state index in [2.05, 4.69) is 62.6 Å². The quantitative estimate of drug-likeness (QED) is 0.449. The Morgan fingerprint density at radius 1 is 1.21 bits per heavy atom. The van der Waals surface area contributed by atoms with Gasteiger partial charge in [-0.2, -0.15) is 12.6 Å². The third kappa shape index (κ3) is 5.82. The minimum absolute atomic E-state index is 0.749. The van der Waals surface area contributed by atoms with Crippen LogP contribution in [0.1, 0.15) is 39.7 Å². The molecule has 0 fully saturated rings. The summed E-state index contributed by atoms with van der Waals surface area (Å²) in [5, 5.41) is 5.14. The maximum Gasteiger partial charge on any atom is 0.0338 e. The molecular formula is C21H28N2S. The van der Waals surface area contributed by atoms with Gasteiger partial charge in [0, 0.05) is 17.1 Å². The van der Waals surface area contributed by atoms with Gasteiger partial charge in [-0.25, -0.2) is 0 Å². The first-order valence-corrected chi connectivity index (χ1v) is 8.59. The van der Waals surface area contributed by atoms with Gasteiger partial charge in [0.05, 0.1) is 0 Å². The molecule has 0 heterocycles. The van der Waals surface area contributed by atoms with Crippen molar-refractivity contribution in [2.45, 2.75) is 34.1 Å². The smallest absolute Gasteiger partial charge is 0.0338 e. The van der Waals surface area contributed by atoms with Crippen LogP contribution in [0.2, 0.25) is 0 Å². The lowest BCUT2D eigenvalue weighted by atomic mass is 10.0. The van der Waals surface area contributed by atoms with Crippen LogP contribution in [-0.2, 0) is 0 Å². The predicted octanol–water partition coefficient (Wildman–Crippen LogP) is 5.55. The van der Waals surface area contributed by atoms with Gasteiger partial charge >= 0.3 is 0 Å². The maximum absolute atomic E-state index is 5.91. The van der Waals surface area contributed by atoms with Crippen molar-refractivity contribution in [1.29, 1.82) is 0 Å². The average Bonchev–Trinajstić information content (AvgIpc) is 2.58. The molecule has 1 rings (SSSR count). The average molecular weight is 341 g/mol. The molecule has 0 spiro atoms. The van der Waals surface area contributed by atoms with Gasteiger partial charge in [-0.15, -0.1) is 0 Å². The van der Waals surface area contributed by atoms with Crippen molar-refractivity contribution in [2.24, 2.45) is 5.73 Å². The number of allylic oxidation sites excluding steroid dienone is 7. The van der Waals surface area contributed by atoms with Crippen molar-refractivity contribution in [2.75, 3.05) is 0 Å². The first-order valence-electron chi connectivity index (χ1n) is 8.07. The summed E-state index contributed by atoms with van der Waals surface area (Å²) in [7, 11) is 0. The van der Waals surface area contributed by atoms with Gasteiger partial charge < -0.3 is 11.1 Å². The molecule has 3 heteroatoms. The maximum atomic E-state index is 5.91. The Hall–Kier alpha value is -2.13. The highest BCUT2D eigenvalue weighted by atomic mass is 32.1. The summed E-state index contributed by atoms with van der Waals surface area (Å²) >= 11 is 4.12. The monoisotopic (exact) mass is 340 g/mol. The SMILES string of the molecule is C=C(N/C(CC)=C(\C)c1ccccc1)/C(C)=C/C(/C=C\S)=C(/C)N. The molecule has 0 aromatic heterocycles. The standard InChI is InChI=1S/C21H28N2S/c1-6-21(16(3)19-10-8-7-9-11-19)23-18(5)15(2)14-20(12-13-24)17(4)22/h7-14,23-24H,5-6,22H2,1-4H3/b13-12-,15-14+,20-17-,21-16+. The Kier molecular flexibility index (Phi) is 8.20. The first-order chi connectivity index (χ1) is 11.4. The normalized spacial score (nSPS) is 14.3. The molecule has 0 unspecified atom stereocenters. The van der Waals surface area contributed by atoms with Crippen LogP contribution in [0.4, 0.5) is 0 Å². The van der Waals surface area contributed by atoms with Crippen LogP contribution in [0.3, 0.4) is 0 Å². The molecule has 3 N–H and O–H groups in total. The van der Waals surface area contributed by atoms with E-state index in [9.17, 15) is 0 Å². The number of nitrogens with one attached hydrogen (secondary N) is 1. The number of hydrogen-bond acceptors (Lipinski definition) is 3. The number of thiol groups is 1. The Morgan fingerprint density at radius 3 is 2.33 bits per heavy atom. The van der Waals surface area contributed by atoms with Gasteiger partial charge in [-0.05, 0) is 67.0 Å². The largest absolute Gasteiger partial charge is 0.402 e. The fourth-order valence-corrected chi connectivity index (χ4v) is 2.45. The summed E-state index contributed by atoms with van der Waals surface area (Å²) < 4.78 is 0. The third-order valence-corrected chi connectivity index (χ3v) is 4.02. The molecule has 0 saturated heterocycles. The van der Waals surface area contributed by atoms with Gasteiger partial charge in [0.2, 0.25) is 0 Å². The molecule has 0 bridgehead atoms. The van der Waals surface area contributed by atoms with E-state index in [4.69, 9.17) is 5.73 Å². The summed E-state index contributed by atoms with van der Waals surface area (Å²) in [6.07, 6.45) is 4.80. The van der Waals surface area contributed by atoms with Gasteiger partial charge in [0.25, 0.3) is 0 Å². The van der Waals surface area contributed by atoms with Gasteiger partial charge in [0.15, 0.2) is 0 Å². The zero-order valence-electron chi connectivity index (χ0n) is 15.1. The fraction of sp³-hybridized carbons (Fsp3) is 0.238. The van der Waals surface area contributed by atoms with E-state index in [0.29, 0.717) is 0 Å². The Balaban J connectivity index is 3.05. The van der Waals surface area contributed by atoms with Gasteiger partial charge in [-0.3, -0.25) is 0 Å². The van der Waals surface area contributed by atoms with Crippen molar-refractivity contribution in [3.8, 4) is 0 Å². The van der Waals surface area contributed by atoms with E-state index in [-0.39, 0.29) is 0 Å². The topological polar surface area (TPSA) is 38.0 Å². The molecule has 0 atom stereocenters. The van der Waals surface area contributed by atoms with Crippen molar-refractivity contribution in [1.82, 2.24) is 5.32 Å². The number of hydrogen-bond donors (Lipinski definition) is 3. The highest BCUT2D eigenvalue weighted by Crippen LogP contribution is 2.21. The predicted molar refractivity (Wildman–Crippen MR) is 110 cm³/mol. The highest BCUT2D eigenvalue weighted by molar-refractivity contribution is 7.83. The van der Waals surface area contributed by atoms with Crippen LogP contribution in [0.15, 0.2) is 82.7 Å². The molecule has 0 aliphatic heterocycles. The van der Waals surface area contributed by atoms with Crippen molar-refractivity contribution in [3.63, 3.8) is 0 Å². The van der Waals surface area contributed by atoms with E-state index < -0.39 is 0 Å². The van der Waals surface area contributed by atoms with Crippen molar-refractivity contribution in [3.05, 3.63) is 88.3 Å². The Morgan fingerprint density at radius 2 is 1.83 bits per heavy atom. The summed E-state index contributed by atoms with van der Waals surface area (Å²) in [4.78, 5) is 0. The molecule has 1 aromatic rings.